The van der Waals surface area contributed by atoms with Gasteiger partial charge in [-0.3, -0.25) is 0 Å². The van der Waals surface area contributed by atoms with Crippen LogP contribution in [0.3, 0.4) is 0 Å². The highest BCUT2D eigenvalue weighted by atomic mass is 16.1. The standard InChI is InChI=1S/C19H36O/c1-3-5-7-9-11-13-15-17-19(18-20)16-14-12-10-8-6-4-2/h3-17H2,1-2H3. The first-order chi connectivity index (χ1) is 9.85. The molecule has 0 aromatic heterocycles. The van der Waals surface area contributed by atoms with Gasteiger partial charge in [-0.25, -0.2) is 4.79 Å². The van der Waals surface area contributed by atoms with E-state index < -0.39 is 0 Å². The Balaban J connectivity index is 3.37. The monoisotopic (exact) mass is 280 g/mol. The quantitative estimate of drug-likeness (QED) is 0.243. The van der Waals surface area contributed by atoms with Gasteiger partial charge in [0.25, 0.3) is 0 Å². The summed E-state index contributed by atoms with van der Waals surface area (Å²) in [4.78, 5) is 10.9. The minimum absolute atomic E-state index is 0.992. The normalized spacial score (nSPS) is 10.5. The van der Waals surface area contributed by atoms with Crippen LogP contribution in [0, 0.1) is 0 Å². The molecule has 0 atom stereocenters. The van der Waals surface area contributed by atoms with Gasteiger partial charge in [0.1, 0.15) is 5.94 Å². The molecule has 1 heteroatoms. The Morgan fingerprint density at radius 1 is 0.600 bits per heavy atom. The molecule has 0 aliphatic heterocycles. The summed E-state index contributed by atoms with van der Waals surface area (Å²) in [6, 6.07) is 0. The van der Waals surface area contributed by atoms with E-state index in [2.05, 4.69) is 19.8 Å². The molecule has 0 heterocycles. The Bertz CT molecular complexity index is 238. The van der Waals surface area contributed by atoms with Crippen molar-refractivity contribution in [2.24, 2.45) is 0 Å². The SMILES string of the molecule is CCCCCCCCCC(=C=O)CCCCCCCC. The first-order valence-corrected chi connectivity index (χ1v) is 9.08. The van der Waals surface area contributed by atoms with E-state index in [1.165, 1.54) is 83.5 Å². The Kier molecular flexibility index (Phi) is 16.1. The predicted octanol–water partition coefficient (Wildman–Crippen LogP) is 6.64. The van der Waals surface area contributed by atoms with Crippen LogP contribution in [0.4, 0.5) is 0 Å². The molecular formula is C19H36O. The van der Waals surface area contributed by atoms with Crippen molar-refractivity contribution < 1.29 is 4.79 Å². The lowest BCUT2D eigenvalue weighted by molar-refractivity contribution is 0.554. The van der Waals surface area contributed by atoms with Gasteiger partial charge in [0.2, 0.25) is 0 Å². The lowest BCUT2D eigenvalue weighted by Crippen LogP contribution is -1.88. The van der Waals surface area contributed by atoms with E-state index in [0.29, 0.717) is 0 Å². The summed E-state index contributed by atoms with van der Waals surface area (Å²) in [5.41, 5.74) is 1.04. The first-order valence-electron chi connectivity index (χ1n) is 9.08. The second-order valence-corrected chi connectivity index (χ2v) is 6.09. The van der Waals surface area contributed by atoms with E-state index in [0.717, 1.165) is 18.4 Å². The van der Waals surface area contributed by atoms with Gasteiger partial charge in [-0.15, -0.1) is 0 Å². The van der Waals surface area contributed by atoms with Gasteiger partial charge in [-0.2, -0.15) is 0 Å². The highest BCUT2D eigenvalue weighted by Crippen LogP contribution is 2.16. The maximum absolute atomic E-state index is 10.9. The van der Waals surface area contributed by atoms with E-state index >= 15 is 0 Å². The molecule has 0 aliphatic carbocycles. The molecule has 0 aliphatic rings. The minimum atomic E-state index is 0.992. The number of allylic oxidation sites excluding steroid dienone is 1. The number of hydrogen-bond acceptors (Lipinski definition) is 1. The Hall–Kier alpha value is -0.550. The van der Waals surface area contributed by atoms with Gasteiger partial charge in [-0.1, -0.05) is 84.5 Å². The summed E-state index contributed by atoms with van der Waals surface area (Å²) in [5.74, 6) is 2.18. The fraction of sp³-hybridized carbons (Fsp3) is 0.895. The van der Waals surface area contributed by atoms with Crippen LogP contribution in [0.15, 0.2) is 5.57 Å². The highest BCUT2D eigenvalue weighted by Gasteiger charge is 2.00. The number of carbonyl (C=O) groups excluding carboxylic acids is 1. The van der Waals surface area contributed by atoms with Gasteiger partial charge < -0.3 is 0 Å². The van der Waals surface area contributed by atoms with Crippen LogP contribution in [-0.2, 0) is 4.79 Å². The van der Waals surface area contributed by atoms with Crippen molar-refractivity contribution in [1.29, 1.82) is 0 Å². The Morgan fingerprint density at radius 2 is 0.950 bits per heavy atom. The molecule has 0 saturated carbocycles. The summed E-state index contributed by atoms with van der Waals surface area (Å²) in [7, 11) is 0. The zero-order chi connectivity index (χ0) is 14.9. The second-order valence-electron chi connectivity index (χ2n) is 6.09. The third-order valence-corrected chi connectivity index (χ3v) is 4.06. The minimum Gasteiger partial charge on any atom is -0.234 e. The summed E-state index contributed by atoms with van der Waals surface area (Å²) < 4.78 is 0. The highest BCUT2D eigenvalue weighted by molar-refractivity contribution is 5.52. The molecule has 0 fully saturated rings. The largest absolute Gasteiger partial charge is 0.234 e. The van der Waals surface area contributed by atoms with Gasteiger partial charge in [0.05, 0.1) is 0 Å². The van der Waals surface area contributed by atoms with Crippen molar-refractivity contribution in [3.63, 3.8) is 0 Å². The third-order valence-electron chi connectivity index (χ3n) is 4.06. The Labute approximate surface area is 127 Å². The average Bonchev–Trinajstić information content (AvgIpc) is 2.47. The molecular weight excluding hydrogens is 244 g/mol. The number of unbranched alkanes of at least 4 members (excludes halogenated alkanes) is 11. The van der Waals surface area contributed by atoms with Crippen LogP contribution in [-0.4, -0.2) is 5.94 Å². The van der Waals surface area contributed by atoms with Crippen LogP contribution in [0.5, 0.6) is 0 Å². The van der Waals surface area contributed by atoms with Crippen LogP contribution >= 0.6 is 0 Å². The zero-order valence-electron chi connectivity index (χ0n) is 14.0. The number of rotatable bonds is 15. The molecule has 0 spiro atoms. The third kappa shape index (κ3) is 13.9. The summed E-state index contributed by atoms with van der Waals surface area (Å²) in [6.07, 6.45) is 19.0. The van der Waals surface area contributed by atoms with Gasteiger partial charge in [0, 0.05) is 5.57 Å². The first kappa shape index (κ1) is 19.4. The molecule has 0 bridgehead atoms. The van der Waals surface area contributed by atoms with Gasteiger partial charge in [0.15, 0.2) is 0 Å². The molecule has 0 aromatic carbocycles. The lowest BCUT2D eigenvalue weighted by Gasteiger charge is -2.04. The molecule has 0 amide bonds. The van der Waals surface area contributed by atoms with E-state index in [1.807, 2.05) is 0 Å². The molecule has 1 nitrogen and oxygen atoms in total. The van der Waals surface area contributed by atoms with Crippen molar-refractivity contribution >= 4 is 5.94 Å². The molecule has 0 aromatic rings. The van der Waals surface area contributed by atoms with E-state index in [9.17, 15) is 4.79 Å². The second kappa shape index (κ2) is 16.5. The molecule has 0 radical (unpaired) electrons. The number of hydrogen-bond donors (Lipinski definition) is 0. The van der Waals surface area contributed by atoms with E-state index in [1.54, 1.807) is 0 Å². The van der Waals surface area contributed by atoms with Crippen molar-refractivity contribution in [1.82, 2.24) is 0 Å². The van der Waals surface area contributed by atoms with E-state index in [-0.39, 0.29) is 0 Å². The average molecular weight is 280 g/mol. The van der Waals surface area contributed by atoms with Gasteiger partial charge in [-0.05, 0) is 25.7 Å². The lowest BCUT2D eigenvalue weighted by atomic mass is 10.0. The van der Waals surface area contributed by atoms with Crippen molar-refractivity contribution in [2.45, 2.75) is 110 Å². The van der Waals surface area contributed by atoms with Crippen molar-refractivity contribution in [2.75, 3.05) is 0 Å². The predicted molar refractivity (Wildman–Crippen MR) is 89.8 cm³/mol. The smallest absolute Gasteiger partial charge is 0.123 e. The molecule has 0 rings (SSSR count). The fourth-order valence-corrected chi connectivity index (χ4v) is 2.64. The molecule has 0 saturated heterocycles. The zero-order valence-corrected chi connectivity index (χ0v) is 14.0. The molecule has 0 unspecified atom stereocenters. The van der Waals surface area contributed by atoms with Crippen LogP contribution < -0.4 is 0 Å². The Morgan fingerprint density at radius 3 is 1.30 bits per heavy atom. The molecule has 0 N–H and O–H groups in total. The summed E-state index contributed by atoms with van der Waals surface area (Å²) in [6.45, 7) is 4.50. The van der Waals surface area contributed by atoms with Gasteiger partial charge >= 0.3 is 0 Å². The molecule has 20 heavy (non-hydrogen) atoms. The maximum atomic E-state index is 10.9. The van der Waals surface area contributed by atoms with Crippen molar-refractivity contribution in [3.8, 4) is 0 Å². The maximum Gasteiger partial charge on any atom is 0.123 e. The van der Waals surface area contributed by atoms with Crippen LogP contribution in [0.25, 0.3) is 0 Å². The van der Waals surface area contributed by atoms with Crippen LogP contribution in [0.2, 0.25) is 0 Å². The van der Waals surface area contributed by atoms with Crippen LogP contribution in [0.1, 0.15) is 110 Å². The summed E-state index contributed by atoms with van der Waals surface area (Å²) >= 11 is 0. The molecule has 118 valence electrons. The van der Waals surface area contributed by atoms with E-state index in [4.69, 9.17) is 0 Å². The summed E-state index contributed by atoms with van der Waals surface area (Å²) in [5, 5.41) is 0. The fourth-order valence-electron chi connectivity index (χ4n) is 2.64. The topological polar surface area (TPSA) is 17.1 Å². The van der Waals surface area contributed by atoms with Crippen molar-refractivity contribution in [3.05, 3.63) is 5.57 Å².